The number of benzene rings is 1. The first kappa shape index (κ1) is 27.5. The molecule has 1 N–H and O–H groups in total. The van der Waals surface area contributed by atoms with Gasteiger partial charge in [-0.1, -0.05) is 6.92 Å². The summed E-state index contributed by atoms with van der Waals surface area (Å²) in [4.78, 5) is 23.8. The third kappa shape index (κ3) is 5.64. The van der Waals surface area contributed by atoms with Crippen LogP contribution in [0.15, 0.2) is 66.0 Å². The summed E-state index contributed by atoms with van der Waals surface area (Å²) in [5.41, 5.74) is 1.79. The number of pyridine rings is 2. The molecule has 0 fully saturated rings. The number of hydrogen-bond donors (Lipinski definition) is 1. The maximum atomic E-state index is 13.6. The number of carbonyl (C=O) groups excluding carboxylic acids is 1. The molecule has 1 amide bonds. The van der Waals surface area contributed by atoms with Gasteiger partial charge >= 0.3 is 0 Å². The number of hydrogen-bond acceptors (Lipinski definition) is 8. The van der Waals surface area contributed by atoms with Crippen LogP contribution in [0.2, 0.25) is 0 Å². The number of ether oxygens (including phenoxy) is 2. The Morgan fingerprint density at radius 2 is 1.87 bits per heavy atom. The standard InChI is InChI=1S/C27H32N4O6S/c1-18-15-31(19(2)17-32)27(33)24-13-21(20-9-11-28-12-10-20)14-29-26(24)37-25(18)16-30(3)38(34,35)23-7-5-22(36-4)6-8-23/h5-14,18-19,25,32H,15-17H2,1-4H3/t18-,19+,25+/m1/s1. The van der Waals surface area contributed by atoms with Gasteiger partial charge in [0.2, 0.25) is 15.9 Å². The summed E-state index contributed by atoms with van der Waals surface area (Å²) < 4.78 is 39.2. The van der Waals surface area contributed by atoms with Gasteiger partial charge in [0.05, 0.1) is 31.2 Å². The van der Waals surface area contributed by atoms with Crippen molar-refractivity contribution in [1.82, 2.24) is 19.2 Å². The summed E-state index contributed by atoms with van der Waals surface area (Å²) in [5, 5.41) is 9.87. The molecule has 3 heterocycles. The molecule has 1 aliphatic rings. The molecule has 1 aliphatic heterocycles. The smallest absolute Gasteiger partial charge is 0.259 e. The Balaban J connectivity index is 1.68. The number of nitrogens with zero attached hydrogens (tertiary/aromatic N) is 4. The minimum atomic E-state index is -3.82. The normalized spacial score (nSPS) is 18.8. The van der Waals surface area contributed by atoms with Gasteiger partial charge in [-0.2, -0.15) is 4.31 Å². The van der Waals surface area contributed by atoms with Crippen LogP contribution in [0.3, 0.4) is 0 Å². The zero-order chi connectivity index (χ0) is 27.4. The van der Waals surface area contributed by atoms with Crippen molar-refractivity contribution in [2.75, 3.05) is 33.9 Å². The molecular weight excluding hydrogens is 508 g/mol. The Morgan fingerprint density at radius 1 is 1.18 bits per heavy atom. The van der Waals surface area contributed by atoms with Gasteiger partial charge in [-0.3, -0.25) is 9.78 Å². The molecule has 11 heteroatoms. The molecule has 0 unspecified atom stereocenters. The number of rotatable bonds is 8. The van der Waals surface area contributed by atoms with Crippen molar-refractivity contribution < 1.29 is 27.8 Å². The second-order valence-corrected chi connectivity index (χ2v) is 11.4. The molecule has 3 atom stereocenters. The van der Waals surface area contributed by atoms with Crippen LogP contribution in [0.4, 0.5) is 0 Å². The van der Waals surface area contributed by atoms with Crippen molar-refractivity contribution >= 4 is 15.9 Å². The summed E-state index contributed by atoms with van der Waals surface area (Å²) in [5.74, 6) is 0.0978. The van der Waals surface area contributed by atoms with Crippen molar-refractivity contribution in [3.8, 4) is 22.8 Å². The monoisotopic (exact) mass is 540 g/mol. The third-order valence-electron chi connectivity index (χ3n) is 6.74. The fourth-order valence-electron chi connectivity index (χ4n) is 4.30. The van der Waals surface area contributed by atoms with Crippen LogP contribution in [0.5, 0.6) is 11.6 Å². The Labute approximate surface area is 222 Å². The molecule has 0 spiro atoms. The number of carbonyl (C=O) groups is 1. The van der Waals surface area contributed by atoms with E-state index in [0.29, 0.717) is 11.3 Å². The molecule has 202 valence electrons. The zero-order valence-corrected chi connectivity index (χ0v) is 22.6. The number of sulfonamides is 1. The van der Waals surface area contributed by atoms with Gasteiger partial charge in [0.15, 0.2) is 0 Å². The van der Waals surface area contributed by atoms with E-state index in [9.17, 15) is 18.3 Å². The topological polar surface area (TPSA) is 122 Å². The van der Waals surface area contributed by atoms with Gasteiger partial charge in [0, 0.05) is 43.7 Å². The number of amides is 1. The quantitative estimate of drug-likeness (QED) is 0.463. The van der Waals surface area contributed by atoms with Crippen molar-refractivity contribution in [3.05, 3.63) is 66.6 Å². The van der Waals surface area contributed by atoms with Crippen molar-refractivity contribution in [3.63, 3.8) is 0 Å². The molecule has 38 heavy (non-hydrogen) atoms. The zero-order valence-electron chi connectivity index (χ0n) is 21.8. The lowest BCUT2D eigenvalue weighted by Gasteiger charge is -2.37. The van der Waals surface area contributed by atoms with Crippen LogP contribution in [-0.2, 0) is 10.0 Å². The molecule has 0 bridgehead atoms. The van der Waals surface area contributed by atoms with Crippen LogP contribution in [0.1, 0.15) is 24.2 Å². The molecule has 0 saturated heterocycles. The number of aromatic nitrogens is 2. The Bertz CT molecular complexity index is 1370. The molecule has 0 aliphatic carbocycles. The van der Waals surface area contributed by atoms with Gasteiger partial charge in [0.1, 0.15) is 17.4 Å². The Morgan fingerprint density at radius 3 is 2.50 bits per heavy atom. The first-order valence-electron chi connectivity index (χ1n) is 12.2. The Hall–Kier alpha value is -3.54. The predicted molar refractivity (Wildman–Crippen MR) is 141 cm³/mol. The van der Waals surface area contributed by atoms with Crippen LogP contribution in [0.25, 0.3) is 11.1 Å². The molecule has 10 nitrogen and oxygen atoms in total. The Kier molecular flexibility index (Phi) is 8.29. The van der Waals surface area contributed by atoms with Gasteiger partial charge in [-0.05, 0) is 55.0 Å². The molecule has 0 saturated carbocycles. The van der Waals surface area contributed by atoms with Crippen molar-refractivity contribution in [1.29, 1.82) is 0 Å². The number of likely N-dealkylation sites (N-methyl/N-ethyl adjacent to an activating group) is 1. The summed E-state index contributed by atoms with van der Waals surface area (Å²) in [6.45, 7) is 3.72. The van der Waals surface area contributed by atoms with E-state index in [2.05, 4.69) is 9.97 Å². The fourth-order valence-corrected chi connectivity index (χ4v) is 5.48. The average Bonchev–Trinajstić information content (AvgIpc) is 2.94. The maximum Gasteiger partial charge on any atom is 0.259 e. The number of fused-ring (bicyclic) bond motifs is 1. The number of aliphatic hydroxyl groups is 1. The highest BCUT2D eigenvalue weighted by Crippen LogP contribution is 2.31. The van der Waals surface area contributed by atoms with Gasteiger partial charge in [0.25, 0.3) is 5.91 Å². The number of methoxy groups -OCH3 is 1. The molecule has 4 rings (SSSR count). The maximum absolute atomic E-state index is 13.6. The van der Waals surface area contributed by atoms with Crippen LogP contribution < -0.4 is 9.47 Å². The van der Waals surface area contributed by atoms with Crippen LogP contribution in [0, 0.1) is 5.92 Å². The lowest BCUT2D eigenvalue weighted by atomic mass is 9.99. The van der Waals surface area contributed by atoms with E-state index in [4.69, 9.17) is 9.47 Å². The van der Waals surface area contributed by atoms with Gasteiger partial charge < -0.3 is 19.5 Å². The van der Waals surface area contributed by atoms with E-state index in [1.54, 1.807) is 48.6 Å². The third-order valence-corrected chi connectivity index (χ3v) is 8.58. The predicted octanol–water partition coefficient (Wildman–Crippen LogP) is 2.69. The van der Waals surface area contributed by atoms with Crippen LogP contribution >= 0.6 is 0 Å². The number of aliphatic hydroxyl groups excluding tert-OH is 1. The van der Waals surface area contributed by atoms with E-state index in [1.807, 2.05) is 19.1 Å². The largest absolute Gasteiger partial charge is 0.497 e. The van der Waals surface area contributed by atoms with Crippen molar-refractivity contribution in [2.24, 2.45) is 5.92 Å². The molecular formula is C27H32N4O6S. The van der Waals surface area contributed by atoms with Crippen molar-refractivity contribution in [2.45, 2.75) is 30.9 Å². The van der Waals surface area contributed by atoms with E-state index in [-0.39, 0.29) is 47.9 Å². The average molecular weight is 541 g/mol. The minimum absolute atomic E-state index is 0.0261. The molecule has 3 aromatic rings. The van der Waals surface area contributed by atoms with E-state index in [1.165, 1.54) is 30.6 Å². The summed E-state index contributed by atoms with van der Waals surface area (Å²) in [6, 6.07) is 11.1. The summed E-state index contributed by atoms with van der Waals surface area (Å²) >= 11 is 0. The molecule has 0 radical (unpaired) electrons. The highest BCUT2D eigenvalue weighted by Gasteiger charge is 2.36. The first-order chi connectivity index (χ1) is 18.1. The minimum Gasteiger partial charge on any atom is -0.497 e. The van der Waals surface area contributed by atoms with Gasteiger partial charge in [-0.15, -0.1) is 0 Å². The summed E-state index contributed by atoms with van der Waals surface area (Å²) in [6.07, 6.45) is 4.30. The van der Waals surface area contributed by atoms with E-state index >= 15 is 0 Å². The lowest BCUT2D eigenvalue weighted by Crippen LogP contribution is -2.50. The highest BCUT2D eigenvalue weighted by molar-refractivity contribution is 7.89. The lowest BCUT2D eigenvalue weighted by molar-refractivity contribution is 0.0373. The summed E-state index contributed by atoms with van der Waals surface area (Å²) in [7, 11) is -0.813. The fraction of sp³-hybridized carbons (Fsp3) is 0.370. The second-order valence-electron chi connectivity index (χ2n) is 9.40. The van der Waals surface area contributed by atoms with Crippen LogP contribution in [-0.4, -0.2) is 84.6 Å². The first-order valence-corrected chi connectivity index (χ1v) is 13.7. The molecule has 1 aromatic carbocycles. The second kappa shape index (κ2) is 11.5. The molecule has 2 aromatic heterocycles. The van der Waals surface area contributed by atoms with Gasteiger partial charge in [-0.25, -0.2) is 13.4 Å². The van der Waals surface area contributed by atoms with E-state index in [0.717, 1.165) is 5.56 Å². The highest BCUT2D eigenvalue weighted by atomic mass is 32.2. The SMILES string of the molecule is COc1ccc(S(=O)(=O)N(C)C[C@@H]2Oc3ncc(-c4ccncc4)cc3C(=O)N([C@@H](C)CO)C[C@H]2C)cc1. The van der Waals surface area contributed by atoms with E-state index < -0.39 is 22.2 Å².